The predicted molar refractivity (Wildman–Crippen MR) is 53.8 cm³/mol. The quantitative estimate of drug-likeness (QED) is 0.742. The lowest BCUT2D eigenvalue weighted by Gasteiger charge is -2.10. The molecule has 1 N–H and O–H groups in total. The summed E-state index contributed by atoms with van der Waals surface area (Å²) in [5.74, 6) is 0.601. The minimum Gasteiger partial charge on any atom is -0.368 e. The van der Waals surface area contributed by atoms with Gasteiger partial charge < -0.3 is 10.2 Å². The smallest absolute Gasteiger partial charge is 0.147 e. The van der Waals surface area contributed by atoms with Gasteiger partial charge in [0.25, 0.3) is 0 Å². The second-order valence-corrected chi connectivity index (χ2v) is 3.13. The molecule has 0 fully saturated rings. The van der Waals surface area contributed by atoms with Crippen LogP contribution in [0, 0.1) is 11.3 Å². The van der Waals surface area contributed by atoms with Gasteiger partial charge in [0.15, 0.2) is 0 Å². The van der Waals surface area contributed by atoms with E-state index in [-0.39, 0.29) is 0 Å². The Hall–Kier alpha value is -1.67. The first-order valence-corrected chi connectivity index (χ1v) is 4.32. The molecule has 14 heavy (non-hydrogen) atoms. The largest absolute Gasteiger partial charge is 0.368 e. The third-order valence-corrected chi connectivity index (χ3v) is 1.68. The molecule has 0 radical (unpaired) electrons. The van der Waals surface area contributed by atoms with Gasteiger partial charge in [-0.2, -0.15) is 5.26 Å². The van der Waals surface area contributed by atoms with E-state index >= 15 is 0 Å². The Bertz CT molecular complexity index is 328. The molecule has 0 unspecified atom stereocenters. The van der Waals surface area contributed by atoms with Gasteiger partial charge in [0.2, 0.25) is 0 Å². The molecule has 0 aliphatic carbocycles. The van der Waals surface area contributed by atoms with Gasteiger partial charge in [0.1, 0.15) is 23.8 Å². The summed E-state index contributed by atoms with van der Waals surface area (Å²) >= 11 is 0. The standard InChI is InChI=1S/C9H13N5/c1-14(2)4-3-12-9-8(5-10)6-11-7-13-9/h6-7H,3-4H2,1-2H3,(H,11,12,13). The van der Waals surface area contributed by atoms with Crippen molar-refractivity contribution in [2.24, 2.45) is 0 Å². The van der Waals surface area contributed by atoms with Gasteiger partial charge in [0, 0.05) is 13.1 Å². The third kappa shape index (κ3) is 2.99. The molecule has 1 aromatic rings. The highest BCUT2D eigenvalue weighted by Crippen LogP contribution is 2.06. The summed E-state index contributed by atoms with van der Waals surface area (Å²) < 4.78 is 0. The number of hydrogen-bond donors (Lipinski definition) is 1. The summed E-state index contributed by atoms with van der Waals surface area (Å²) in [5.41, 5.74) is 0.478. The van der Waals surface area contributed by atoms with E-state index in [1.807, 2.05) is 20.2 Å². The highest BCUT2D eigenvalue weighted by atomic mass is 15.1. The van der Waals surface area contributed by atoms with Crippen molar-refractivity contribution in [3.63, 3.8) is 0 Å². The van der Waals surface area contributed by atoms with E-state index in [4.69, 9.17) is 5.26 Å². The van der Waals surface area contributed by atoms with Crippen LogP contribution in [0.2, 0.25) is 0 Å². The minimum absolute atomic E-state index is 0.478. The first-order chi connectivity index (χ1) is 6.74. The van der Waals surface area contributed by atoms with Gasteiger partial charge in [-0.1, -0.05) is 0 Å². The maximum Gasteiger partial charge on any atom is 0.147 e. The number of nitrogens with zero attached hydrogens (tertiary/aromatic N) is 4. The van der Waals surface area contributed by atoms with Crippen molar-refractivity contribution in [1.29, 1.82) is 5.26 Å². The Morgan fingerprint density at radius 3 is 3.00 bits per heavy atom. The molecule has 0 saturated heterocycles. The van der Waals surface area contributed by atoms with Crippen molar-refractivity contribution in [2.45, 2.75) is 0 Å². The average Bonchev–Trinajstić information content (AvgIpc) is 2.18. The van der Waals surface area contributed by atoms with E-state index in [1.165, 1.54) is 12.5 Å². The molecule has 5 heteroatoms. The Morgan fingerprint density at radius 1 is 1.57 bits per heavy atom. The zero-order chi connectivity index (χ0) is 10.4. The number of nitrogens with one attached hydrogen (secondary N) is 1. The Kier molecular flexibility index (Phi) is 3.83. The number of rotatable bonds is 4. The van der Waals surface area contributed by atoms with Crippen LogP contribution in [-0.4, -0.2) is 42.1 Å². The lowest BCUT2D eigenvalue weighted by atomic mass is 10.3. The van der Waals surface area contributed by atoms with Crippen LogP contribution in [-0.2, 0) is 0 Å². The number of likely N-dealkylation sites (N-methyl/N-ethyl adjacent to an activating group) is 1. The topological polar surface area (TPSA) is 64.8 Å². The second kappa shape index (κ2) is 5.14. The molecular weight excluding hydrogens is 178 g/mol. The molecule has 0 aliphatic heterocycles. The molecule has 1 heterocycles. The molecule has 0 saturated carbocycles. The first-order valence-electron chi connectivity index (χ1n) is 4.32. The van der Waals surface area contributed by atoms with E-state index in [2.05, 4.69) is 20.2 Å². The fourth-order valence-electron chi connectivity index (χ4n) is 0.950. The maximum absolute atomic E-state index is 8.75. The highest BCUT2D eigenvalue weighted by molar-refractivity contribution is 5.49. The summed E-state index contributed by atoms with van der Waals surface area (Å²) in [7, 11) is 3.99. The monoisotopic (exact) mass is 191 g/mol. The van der Waals surface area contributed by atoms with Crippen molar-refractivity contribution in [2.75, 3.05) is 32.5 Å². The molecule has 0 atom stereocenters. The Balaban J connectivity index is 2.54. The van der Waals surface area contributed by atoms with Gasteiger partial charge >= 0.3 is 0 Å². The number of aromatic nitrogens is 2. The first kappa shape index (κ1) is 10.4. The van der Waals surface area contributed by atoms with Crippen molar-refractivity contribution < 1.29 is 0 Å². The molecule has 74 valence electrons. The Morgan fingerprint density at radius 2 is 2.36 bits per heavy atom. The van der Waals surface area contributed by atoms with Crippen LogP contribution in [0.25, 0.3) is 0 Å². The predicted octanol–water partition coefficient (Wildman–Crippen LogP) is 0.322. The number of anilines is 1. The van der Waals surface area contributed by atoms with Crippen LogP contribution in [0.5, 0.6) is 0 Å². The van der Waals surface area contributed by atoms with E-state index in [1.54, 1.807) is 0 Å². The van der Waals surface area contributed by atoms with Crippen molar-refractivity contribution in [1.82, 2.24) is 14.9 Å². The highest BCUT2D eigenvalue weighted by Gasteiger charge is 2.01. The van der Waals surface area contributed by atoms with Gasteiger partial charge in [0.05, 0.1) is 6.20 Å². The van der Waals surface area contributed by atoms with Crippen molar-refractivity contribution >= 4 is 5.82 Å². The molecule has 0 aromatic carbocycles. The summed E-state index contributed by atoms with van der Waals surface area (Å²) in [6, 6.07) is 2.03. The minimum atomic E-state index is 0.478. The fraction of sp³-hybridized carbons (Fsp3) is 0.444. The lowest BCUT2D eigenvalue weighted by Crippen LogP contribution is -2.21. The van der Waals surface area contributed by atoms with Gasteiger partial charge in [-0.3, -0.25) is 0 Å². The summed E-state index contributed by atoms with van der Waals surface area (Å²) in [6.07, 6.45) is 2.93. The molecule has 5 nitrogen and oxygen atoms in total. The Labute approximate surface area is 83.4 Å². The molecule has 0 spiro atoms. The van der Waals surface area contributed by atoms with Crippen molar-refractivity contribution in [3.05, 3.63) is 18.1 Å². The molecule has 0 amide bonds. The molecule has 0 bridgehead atoms. The number of nitriles is 1. The summed E-state index contributed by atoms with van der Waals surface area (Å²) in [5, 5.41) is 11.8. The van der Waals surface area contributed by atoms with Gasteiger partial charge in [-0.05, 0) is 14.1 Å². The number of hydrogen-bond acceptors (Lipinski definition) is 5. The van der Waals surface area contributed by atoms with Gasteiger partial charge in [-0.25, -0.2) is 9.97 Å². The van der Waals surface area contributed by atoms with Gasteiger partial charge in [-0.15, -0.1) is 0 Å². The SMILES string of the molecule is CN(C)CCNc1ncncc1C#N. The van der Waals surface area contributed by atoms with Crippen LogP contribution in [0.3, 0.4) is 0 Å². The molecule has 1 aromatic heterocycles. The van der Waals surface area contributed by atoms with Crippen LogP contribution in [0.15, 0.2) is 12.5 Å². The van der Waals surface area contributed by atoms with Crippen LogP contribution in [0.1, 0.15) is 5.56 Å². The van der Waals surface area contributed by atoms with Crippen LogP contribution in [0.4, 0.5) is 5.82 Å². The van der Waals surface area contributed by atoms with Crippen LogP contribution >= 0.6 is 0 Å². The van der Waals surface area contributed by atoms with E-state index in [0.29, 0.717) is 11.4 Å². The van der Waals surface area contributed by atoms with E-state index < -0.39 is 0 Å². The van der Waals surface area contributed by atoms with E-state index in [0.717, 1.165) is 13.1 Å². The van der Waals surface area contributed by atoms with E-state index in [9.17, 15) is 0 Å². The summed E-state index contributed by atoms with van der Waals surface area (Å²) in [6.45, 7) is 1.66. The lowest BCUT2D eigenvalue weighted by molar-refractivity contribution is 0.425. The normalized spacial score (nSPS) is 9.86. The second-order valence-electron chi connectivity index (χ2n) is 3.13. The zero-order valence-electron chi connectivity index (χ0n) is 8.36. The average molecular weight is 191 g/mol. The molecule has 0 aliphatic rings. The zero-order valence-corrected chi connectivity index (χ0v) is 8.36. The molecule has 1 rings (SSSR count). The van der Waals surface area contributed by atoms with Crippen molar-refractivity contribution in [3.8, 4) is 6.07 Å². The summed E-state index contributed by atoms with van der Waals surface area (Å²) in [4.78, 5) is 9.81. The maximum atomic E-state index is 8.75. The molecular formula is C9H13N5. The third-order valence-electron chi connectivity index (χ3n) is 1.68. The van der Waals surface area contributed by atoms with Crippen LogP contribution < -0.4 is 5.32 Å². The fourth-order valence-corrected chi connectivity index (χ4v) is 0.950.